The maximum atomic E-state index is 12.9. The van der Waals surface area contributed by atoms with Gasteiger partial charge in [-0.25, -0.2) is 4.39 Å². The smallest absolute Gasteiger partial charge is 0.307 e. The zero-order valence-corrected chi connectivity index (χ0v) is 12.0. The van der Waals surface area contributed by atoms with Gasteiger partial charge in [0.25, 0.3) is 0 Å². The quantitative estimate of drug-likeness (QED) is 0.833. The maximum Gasteiger partial charge on any atom is 0.307 e. The van der Waals surface area contributed by atoms with Crippen molar-refractivity contribution >= 4 is 23.5 Å². The fourth-order valence-corrected chi connectivity index (χ4v) is 1.84. The fourth-order valence-electron chi connectivity index (χ4n) is 1.62. The first-order valence-corrected chi connectivity index (χ1v) is 6.24. The summed E-state index contributed by atoms with van der Waals surface area (Å²) in [5.41, 5.74) is 6.22. The van der Waals surface area contributed by atoms with E-state index in [1.54, 1.807) is 0 Å². The van der Waals surface area contributed by atoms with Gasteiger partial charge in [-0.1, -0.05) is 17.7 Å². The number of nitrogens with two attached hydrogens (primary N) is 1. The van der Waals surface area contributed by atoms with Crippen LogP contribution in [0.5, 0.6) is 0 Å². The van der Waals surface area contributed by atoms with Crippen molar-refractivity contribution in [3.8, 4) is 0 Å². The number of carbonyl (C=O) groups excluding carboxylic acids is 2. The number of carbonyl (C=O) groups is 2. The van der Waals surface area contributed by atoms with Crippen LogP contribution in [0.25, 0.3) is 0 Å². The van der Waals surface area contributed by atoms with Crippen molar-refractivity contribution in [2.45, 2.75) is 19.0 Å². The lowest BCUT2D eigenvalue weighted by molar-refractivity contribution is -0.144. The third-order valence-electron chi connectivity index (χ3n) is 2.73. The van der Waals surface area contributed by atoms with Gasteiger partial charge in [-0.2, -0.15) is 0 Å². The summed E-state index contributed by atoms with van der Waals surface area (Å²) in [5, 5.41) is 0.228. The number of hydrogen-bond acceptors (Lipinski definition) is 4. The number of hydrogen-bond donors (Lipinski definition) is 1. The van der Waals surface area contributed by atoms with E-state index in [0.717, 1.165) is 0 Å². The first-order valence-electron chi connectivity index (χ1n) is 5.86. The van der Waals surface area contributed by atoms with Crippen molar-refractivity contribution in [1.82, 2.24) is 4.90 Å². The van der Waals surface area contributed by atoms with E-state index in [-0.39, 0.29) is 18.0 Å². The highest BCUT2D eigenvalue weighted by molar-refractivity contribution is 6.31. The minimum atomic E-state index is -0.980. The first kappa shape index (κ1) is 16.4. The summed E-state index contributed by atoms with van der Waals surface area (Å²) < 4.78 is 17.4. The third kappa shape index (κ3) is 4.47. The average molecular weight is 303 g/mol. The van der Waals surface area contributed by atoms with Gasteiger partial charge >= 0.3 is 5.97 Å². The van der Waals surface area contributed by atoms with Gasteiger partial charge in [-0.3, -0.25) is 9.59 Å². The van der Waals surface area contributed by atoms with Crippen molar-refractivity contribution in [2.75, 3.05) is 14.2 Å². The lowest BCUT2D eigenvalue weighted by Gasteiger charge is -2.21. The minimum absolute atomic E-state index is 0.173. The van der Waals surface area contributed by atoms with Gasteiger partial charge in [-0.15, -0.1) is 0 Å². The van der Waals surface area contributed by atoms with E-state index in [2.05, 4.69) is 4.74 Å². The second kappa shape index (κ2) is 7.21. The molecule has 2 N–H and O–H groups in total. The Morgan fingerprint density at radius 1 is 1.50 bits per heavy atom. The zero-order valence-electron chi connectivity index (χ0n) is 11.2. The zero-order chi connectivity index (χ0) is 15.3. The summed E-state index contributed by atoms with van der Waals surface area (Å²) in [4.78, 5) is 24.3. The SMILES string of the molecule is COC(=O)C[C@@H](N)C(=O)N(C)Cc1ccc(F)cc1Cl. The van der Waals surface area contributed by atoms with E-state index in [9.17, 15) is 14.0 Å². The van der Waals surface area contributed by atoms with Gasteiger partial charge in [0.15, 0.2) is 0 Å². The van der Waals surface area contributed by atoms with Gasteiger partial charge < -0.3 is 15.4 Å². The molecule has 0 aliphatic heterocycles. The summed E-state index contributed by atoms with van der Waals surface area (Å²) in [6, 6.07) is 2.94. The van der Waals surface area contributed by atoms with Crippen LogP contribution in [0.4, 0.5) is 4.39 Å². The van der Waals surface area contributed by atoms with Crippen LogP contribution in [-0.2, 0) is 20.9 Å². The van der Waals surface area contributed by atoms with Crippen LogP contribution in [0.3, 0.4) is 0 Å². The Bertz CT molecular complexity index is 510. The lowest BCUT2D eigenvalue weighted by Crippen LogP contribution is -2.42. The molecule has 7 heteroatoms. The summed E-state index contributed by atoms with van der Waals surface area (Å²) in [6.45, 7) is 0.173. The van der Waals surface area contributed by atoms with Crippen LogP contribution < -0.4 is 5.73 Å². The molecule has 110 valence electrons. The molecule has 0 aliphatic carbocycles. The molecule has 20 heavy (non-hydrogen) atoms. The molecule has 0 spiro atoms. The van der Waals surface area contributed by atoms with E-state index in [1.165, 1.54) is 37.3 Å². The van der Waals surface area contributed by atoms with Crippen LogP contribution in [0.1, 0.15) is 12.0 Å². The summed E-state index contributed by atoms with van der Waals surface area (Å²) in [5.74, 6) is -1.43. The largest absolute Gasteiger partial charge is 0.469 e. The topological polar surface area (TPSA) is 72.6 Å². The highest BCUT2D eigenvalue weighted by Gasteiger charge is 2.22. The van der Waals surface area contributed by atoms with Gasteiger partial charge in [0.05, 0.1) is 19.6 Å². The fraction of sp³-hybridized carbons (Fsp3) is 0.385. The molecule has 0 saturated heterocycles. The minimum Gasteiger partial charge on any atom is -0.469 e. The predicted octanol–water partition coefficient (Wildman–Crippen LogP) is 1.33. The van der Waals surface area contributed by atoms with Crippen molar-refractivity contribution in [3.63, 3.8) is 0 Å². The monoisotopic (exact) mass is 302 g/mol. The van der Waals surface area contributed by atoms with Gasteiger partial charge in [0, 0.05) is 18.6 Å². The number of esters is 1. The molecule has 0 unspecified atom stereocenters. The van der Waals surface area contributed by atoms with E-state index in [1.807, 2.05) is 0 Å². The van der Waals surface area contributed by atoms with Crippen molar-refractivity contribution in [3.05, 3.63) is 34.6 Å². The molecule has 5 nitrogen and oxygen atoms in total. The Labute approximate surface area is 121 Å². The number of ether oxygens (including phenoxy) is 1. The number of benzene rings is 1. The highest BCUT2D eigenvalue weighted by atomic mass is 35.5. The molecule has 1 aromatic rings. The van der Waals surface area contributed by atoms with Crippen LogP contribution in [0.2, 0.25) is 5.02 Å². The van der Waals surface area contributed by atoms with Crippen LogP contribution in [-0.4, -0.2) is 37.0 Å². The third-order valence-corrected chi connectivity index (χ3v) is 3.08. The molecular weight excluding hydrogens is 287 g/mol. The predicted molar refractivity (Wildman–Crippen MR) is 72.5 cm³/mol. The molecule has 1 amide bonds. The van der Waals surface area contributed by atoms with E-state index in [4.69, 9.17) is 17.3 Å². The summed E-state index contributed by atoms with van der Waals surface area (Å²) in [6.07, 6.45) is -0.198. The highest BCUT2D eigenvalue weighted by Crippen LogP contribution is 2.18. The molecule has 1 aromatic carbocycles. The van der Waals surface area contributed by atoms with Crippen LogP contribution >= 0.6 is 11.6 Å². The Hall–Kier alpha value is -1.66. The number of nitrogens with zero attached hydrogens (tertiary/aromatic N) is 1. The van der Waals surface area contributed by atoms with E-state index >= 15 is 0 Å². The standard InChI is InChI=1S/C13H16ClFN2O3/c1-17(13(19)11(16)6-12(18)20-2)7-8-3-4-9(15)5-10(8)14/h3-5,11H,6-7,16H2,1-2H3/t11-/m1/s1. The Morgan fingerprint density at radius 3 is 2.70 bits per heavy atom. The molecule has 0 aliphatic rings. The number of likely N-dealkylation sites (N-methyl/N-ethyl adjacent to an activating group) is 1. The molecule has 0 bridgehead atoms. The molecular formula is C13H16ClFN2O3. The number of amides is 1. The second-order valence-corrected chi connectivity index (χ2v) is 4.72. The number of halogens is 2. The number of rotatable bonds is 5. The summed E-state index contributed by atoms with van der Waals surface area (Å²) in [7, 11) is 2.75. The van der Waals surface area contributed by atoms with E-state index in [0.29, 0.717) is 5.56 Å². The average Bonchev–Trinajstić information content (AvgIpc) is 2.40. The first-order chi connectivity index (χ1) is 9.35. The Kier molecular flexibility index (Phi) is 5.91. The van der Waals surface area contributed by atoms with Crippen LogP contribution in [0, 0.1) is 5.82 Å². The van der Waals surface area contributed by atoms with Crippen molar-refractivity contribution in [2.24, 2.45) is 5.73 Å². The van der Waals surface area contributed by atoms with Crippen molar-refractivity contribution < 1.29 is 18.7 Å². The lowest BCUT2D eigenvalue weighted by atomic mass is 10.1. The van der Waals surface area contributed by atoms with Gasteiger partial charge in [0.2, 0.25) is 5.91 Å². The molecule has 1 atom stereocenters. The Morgan fingerprint density at radius 2 is 2.15 bits per heavy atom. The molecule has 1 rings (SSSR count). The molecule has 0 radical (unpaired) electrons. The molecule has 0 aromatic heterocycles. The van der Waals surface area contributed by atoms with Crippen LogP contribution in [0.15, 0.2) is 18.2 Å². The van der Waals surface area contributed by atoms with E-state index < -0.39 is 23.7 Å². The van der Waals surface area contributed by atoms with Gasteiger partial charge in [-0.05, 0) is 17.7 Å². The maximum absolute atomic E-state index is 12.9. The van der Waals surface area contributed by atoms with Crippen molar-refractivity contribution in [1.29, 1.82) is 0 Å². The number of methoxy groups -OCH3 is 1. The van der Waals surface area contributed by atoms with Gasteiger partial charge in [0.1, 0.15) is 5.82 Å². The normalized spacial score (nSPS) is 11.8. The molecule has 0 heterocycles. The summed E-state index contributed by atoms with van der Waals surface area (Å²) >= 11 is 5.88. The molecule has 0 fully saturated rings. The second-order valence-electron chi connectivity index (χ2n) is 4.32. The molecule has 0 saturated carbocycles. The Balaban J connectivity index is 2.67.